The molecule has 0 radical (unpaired) electrons. The molecule has 1 heterocycles. The van der Waals surface area contributed by atoms with Crippen molar-refractivity contribution in [1.82, 2.24) is 15.4 Å². The summed E-state index contributed by atoms with van der Waals surface area (Å²) in [6.07, 6.45) is 0. The van der Waals surface area contributed by atoms with Crippen LogP contribution in [0.4, 0.5) is 4.39 Å². The highest BCUT2D eigenvalue weighted by atomic mass is 19.1. The lowest BCUT2D eigenvalue weighted by atomic mass is 10.0. The van der Waals surface area contributed by atoms with E-state index in [1.807, 2.05) is 30.3 Å². The third-order valence-electron chi connectivity index (χ3n) is 2.99. The van der Waals surface area contributed by atoms with E-state index in [1.54, 1.807) is 12.1 Å². The molecule has 0 bridgehead atoms. The molecule has 0 fully saturated rings. The molecule has 20 heavy (non-hydrogen) atoms. The maximum atomic E-state index is 12.9. The van der Waals surface area contributed by atoms with Crippen LogP contribution in [0.1, 0.15) is 5.69 Å². The van der Waals surface area contributed by atoms with E-state index in [9.17, 15) is 4.39 Å². The fourth-order valence-electron chi connectivity index (χ4n) is 1.97. The van der Waals surface area contributed by atoms with E-state index in [2.05, 4.69) is 15.4 Å². The van der Waals surface area contributed by atoms with Gasteiger partial charge in [0.2, 0.25) is 0 Å². The van der Waals surface area contributed by atoms with Crippen LogP contribution in [-0.4, -0.2) is 15.4 Å². The Kier molecular flexibility index (Phi) is 2.98. The Morgan fingerprint density at radius 1 is 0.850 bits per heavy atom. The summed E-state index contributed by atoms with van der Waals surface area (Å²) in [5.41, 5.74) is 3.49. The number of H-pyrrole nitrogens is 1. The molecule has 1 aromatic heterocycles. The zero-order chi connectivity index (χ0) is 13.9. The zero-order valence-electron chi connectivity index (χ0n) is 10.3. The molecular formula is C15H9FN4. The summed E-state index contributed by atoms with van der Waals surface area (Å²) in [5.74, 6) is -0.258. The topological polar surface area (TPSA) is 65.4 Å². The van der Waals surface area contributed by atoms with Gasteiger partial charge in [-0.05, 0) is 23.3 Å². The van der Waals surface area contributed by atoms with E-state index in [0.717, 1.165) is 16.7 Å². The van der Waals surface area contributed by atoms with Crippen molar-refractivity contribution in [2.24, 2.45) is 0 Å². The Bertz CT molecular complexity index is 767. The molecule has 5 heteroatoms. The fourth-order valence-corrected chi connectivity index (χ4v) is 1.97. The first-order valence-corrected chi connectivity index (χ1v) is 5.95. The van der Waals surface area contributed by atoms with Crippen LogP contribution in [0.15, 0.2) is 48.5 Å². The second-order valence-electron chi connectivity index (χ2n) is 4.22. The Morgan fingerprint density at radius 3 is 2.00 bits per heavy atom. The van der Waals surface area contributed by atoms with Crippen molar-refractivity contribution >= 4 is 0 Å². The lowest BCUT2D eigenvalue weighted by molar-refractivity contribution is 0.628. The van der Waals surface area contributed by atoms with Crippen LogP contribution in [0, 0.1) is 17.1 Å². The second kappa shape index (κ2) is 4.94. The van der Waals surface area contributed by atoms with Crippen molar-refractivity contribution in [3.63, 3.8) is 0 Å². The molecule has 0 aliphatic rings. The van der Waals surface area contributed by atoms with Gasteiger partial charge in [0.1, 0.15) is 17.6 Å². The van der Waals surface area contributed by atoms with Crippen LogP contribution in [0.5, 0.6) is 0 Å². The van der Waals surface area contributed by atoms with Gasteiger partial charge in [0.25, 0.3) is 0 Å². The molecule has 0 amide bonds. The molecule has 4 nitrogen and oxygen atoms in total. The average molecular weight is 264 g/mol. The molecule has 0 atom stereocenters. The lowest BCUT2D eigenvalue weighted by Crippen LogP contribution is -1.84. The molecule has 3 aromatic rings. The molecule has 2 aromatic carbocycles. The van der Waals surface area contributed by atoms with Gasteiger partial charge in [0.05, 0.1) is 0 Å². The van der Waals surface area contributed by atoms with E-state index < -0.39 is 0 Å². The SMILES string of the molecule is N#Cc1n[nH]nc1-c1ccc(-c2ccc(F)cc2)cc1. The van der Waals surface area contributed by atoms with Gasteiger partial charge in [-0.3, -0.25) is 0 Å². The summed E-state index contributed by atoms with van der Waals surface area (Å²) in [6.45, 7) is 0. The summed E-state index contributed by atoms with van der Waals surface area (Å²) in [5, 5.41) is 19.1. The minimum absolute atomic E-state index is 0.258. The Labute approximate surface area is 114 Å². The normalized spacial score (nSPS) is 10.2. The van der Waals surface area contributed by atoms with Crippen molar-refractivity contribution in [3.05, 3.63) is 60.0 Å². The molecule has 1 N–H and O–H groups in total. The molecular weight excluding hydrogens is 255 g/mol. The van der Waals surface area contributed by atoms with Gasteiger partial charge in [0, 0.05) is 5.56 Å². The van der Waals surface area contributed by atoms with E-state index in [1.165, 1.54) is 12.1 Å². The van der Waals surface area contributed by atoms with E-state index >= 15 is 0 Å². The maximum absolute atomic E-state index is 12.9. The molecule has 0 spiro atoms. The summed E-state index contributed by atoms with van der Waals surface area (Å²) in [4.78, 5) is 0. The van der Waals surface area contributed by atoms with Gasteiger partial charge in [-0.1, -0.05) is 36.4 Å². The van der Waals surface area contributed by atoms with Crippen molar-refractivity contribution in [1.29, 1.82) is 5.26 Å². The van der Waals surface area contributed by atoms with Gasteiger partial charge >= 0.3 is 0 Å². The van der Waals surface area contributed by atoms with Crippen molar-refractivity contribution in [2.75, 3.05) is 0 Å². The largest absolute Gasteiger partial charge is 0.207 e. The summed E-state index contributed by atoms with van der Waals surface area (Å²) in [6, 6.07) is 15.8. The standard InChI is InChI=1S/C15H9FN4/c16-13-7-5-11(6-8-13)10-1-3-12(4-2-10)15-14(9-17)18-20-19-15/h1-8H,(H,18,19,20). The first-order chi connectivity index (χ1) is 9.78. The first kappa shape index (κ1) is 12.1. The Hall–Kier alpha value is -3.00. The van der Waals surface area contributed by atoms with Crippen LogP contribution < -0.4 is 0 Å². The van der Waals surface area contributed by atoms with E-state index in [0.29, 0.717) is 5.69 Å². The zero-order valence-corrected chi connectivity index (χ0v) is 10.3. The molecule has 96 valence electrons. The number of hydrogen-bond acceptors (Lipinski definition) is 3. The van der Waals surface area contributed by atoms with Crippen LogP contribution in [0.2, 0.25) is 0 Å². The monoisotopic (exact) mass is 264 g/mol. The number of aromatic amines is 1. The van der Waals surface area contributed by atoms with Crippen LogP contribution >= 0.6 is 0 Å². The quantitative estimate of drug-likeness (QED) is 0.773. The summed E-state index contributed by atoms with van der Waals surface area (Å²) in [7, 11) is 0. The predicted octanol–water partition coefficient (Wildman–Crippen LogP) is 3.15. The molecule has 0 aliphatic carbocycles. The highest BCUT2D eigenvalue weighted by molar-refractivity contribution is 5.70. The first-order valence-electron chi connectivity index (χ1n) is 5.95. The third kappa shape index (κ3) is 2.15. The highest BCUT2D eigenvalue weighted by Crippen LogP contribution is 2.24. The van der Waals surface area contributed by atoms with Crippen molar-refractivity contribution in [2.45, 2.75) is 0 Å². The Morgan fingerprint density at radius 2 is 1.40 bits per heavy atom. The average Bonchev–Trinajstić information content (AvgIpc) is 2.97. The molecule has 0 saturated heterocycles. The second-order valence-corrected chi connectivity index (χ2v) is 4.22. The highest BCUT2D eigenvalue weighted by Gasteiger charge is 2.09. The summed E-state index contributed by atoms with van der Waals surface area (Å²) >= 11 is 0. The van der Waals surface area contributed by atoms with Gasteiger partial charge < -0.3 is 0 Å². The summed E-state index contributed by atoms with van der Waals surface area (Å²) < 4.78 is 12.9. The lowest BCUT2D eigenvalue weighted by Gasteiger charge is -2.03. The number of halogens is 1. The van der Waals surface area contributed by atoms with Crippen LogP contribution in [0.3, 0.4) is 0 Å². The van der Waals surface area contributed by atoms with E-state index in [-0.39, 0.29) is 11.5 Å². The van der Waals surface area contributed by atoms with Gasteiger partial charge in [0.15, 0.2) is 5.69 Å². The molecule has 0 aliphatic heterocycles. The number of nitrogens with zero attached hydrogens (tertiary/aromatic N) is 3. The van der Waals surface area contributed by atoms with Crippen molar-refractivity contribution in [3.8, 4) is 28.5 Å². The van der Waals surface area contributed by atoms with Crippen molar-refractivity contribution < 1.29 is 4.39 Å². The Balaban J connectivity index is 1.96. The van der Waals surface area contributed by atoms with Crippen LogP contribution in [-0.2, 0) is 0 Å². The molecule has 3 rings (SSSR count). The van der Waals surface area contributed by atoms with Gasteiger partial charge in [-0.2, -0.15) is 15.6 Å². The fraction of sp³-hybridized carbons (Fsp3) is 0. The maximum Gasteiger partial charge on any atom is 0.190 e. The van der Waals surface area contributed by atoms with Gasteiger partial charge in [-0.25, -0.2) is 4.39 Å². The molecule has 0 saturated carbocycles. The number of benzene rings is 2. The number of hydrogen-bond donors (Lipinski definition) is 1. The third-order valence-corrected chi connectivity index (χ3v) is 2.99. The number of nitrogens with one attached hydrogen (secondary N) is 1. The van der Waals surface area contributed by atoms with E-state index in [4.69, 9.17) is 5.26 Å². The smallest absolute Gasteiger partial charge is 0.190 e. The van der Waals surface area contributed by atoms with Crippen LogP contribution in [0.25, 0.3) is 22.4 Å². The minimum Gasteiger partial charge on any atom is -0.207 e. The number of rotatable bonds is 2. The predicted molar refractivity (Wildman–Crippen MR) is 71.9 cm³/mol. The van der Waals surface area contributed by atoms with Gasteiger partial charge in [-0.15, -0.1) is 5.10 Å². The minimum atomic E-state index is -0.258. The number of aromatic nitrogens is 3. The molecule has 0 unspecified atom stereocenters. The number of nitriles is 1.